The summed E-state index contributed by atoms with van der Waals surface area (Å²) < 4.78 is 5.18. The summed E-state index contributed by atoms with van der Waals surface area (Å²) in [6, 6.07) is 4.08. The van der Waals surface area contributed by atoms with Crippen molar-refractivity contribution in [2.24, 2.45) is 16.0 Å². The molecule has 0 aliphatic carbocycles. The molecular weight excluding hydrogens is 492 g/mol. The van der Waals surface area contributed by atoms with Gasteiger partial charge < -0.3 is 4.74 Å². The number of piperidine rings is 1. The summed E-state index contributed by atoms with van der Waals surface area (Å²) in [5.74, 6) is 1.35. The molecule has 4 rings (SSSR count). The summed E-state index contributed by atoms with van der Waals surface area (Å²) in [5.41, 5.74) is 3.59. The van der Waals surface area contributed by atoms with Crippen molar-refractivity contribution in [3.63, 3.8) is 0 Å². The van der Waals surface area contributed by atoms with Crippen molar-refractivity contribution in [1.29, 1.82) is 0 Å². The molecule has 1 N–H and O–H groups in total. The van der Waals surface area contributed by atoms with Crippen LogP contribution in [0.25, 0.3) is 0 Å². The van der Waals surface area contributed by atoms with Crippen molar-refractivity contribution in [2.45, 2.75) is 49.9 Å². The fraction of sp³-hybridized carbons (Fsp3) is 0.500. The number of nitrogens with one attached hydrogen (secondary N) is 1. The van der Waals surface area contributed by atoms with Gasteiger partial charge in [-0.2, -0.15) is 5.10 Å². The third-order valence-corrected chi connectivity index (χ3v) is 7.28. The van der Waals surface area contributed by atoms with E-state index in [2.05, 4.69) is 60.0 Å². The Kier molecular flexibility index (Phi) is 8.69. The molecule has 0 spiro atoms. The van der Waals surface area contributed by atoms with Crippen molar-refractivity contribution in [3.05, 3.63) is 66.2 Å². The van der Waals surface area contributed by atoms with Gasteiger partial charge in [0, 0.05) is 56.3 Å². The number of ether oxygens (including phenoxy) is 1. The molecule has 1 saturated heterocycles. The van der Waals surface area contributed by atoms with Crippen LogP contribution < -0.4 is 5.32 Å². The smallest absolute Gasteiger partial charge is 0.156 e. The van der Waals surface area contributed by atoms with Crippen LogP contribution in [0.2, 0.25) is 0 Å². The number of allylic oxidation sites excluding steroid dienone is 3. The lowest BCUT2D eigenvalue weighted by atomic mass is 9.89. The van der Waals surface area contributed by atoms with Gasteiger partial charge in [0.2, 0.25) is 0 Å². The van der Waals surface area contributed by atoms with Gasteiger partial charge in [0.25, 0.3) is 0 Å². The number of alkyl halides is 1. The van der Waals surface area contributed by atoms with Gasteiger partial charge in [-0.25, -0.2) is 0 Å². The van der Waals surface area contributed by atoms with Crippen LogP contribution >= 0.6 is 15.9 Å². The van der Waals surface area contributed by atoms with E-state index in [1.165, 1.54) is 24.1 Å². The number of rotatable bonds is 9. The average molecular weight is 528 g/mol. The largest absolute Gasteiger partial charge is 0.501 e. The minimum atomic E-state index is 0.0132. The zero-order valence-electron chi connectivity index (χ0n) is 20.1. The van der Waals surface area contributed by atoms with Crippen LogP contribution in [0.3, 0.4) is 0 Å². The van der Waals surface area contributed by atoms with Gasteiger partial charge in [-0.1, -0.05) is 40.7 Å². The molecule has 4 atom stereocenters. The minimum absolute atomic E-state index is 0.0132. The molecule has 1 fully saturated rings. The van der Waals surface area contributed by atoms with Crippen molar-refractivity contribution >= 4 is 27.9 Å². The summed E-state index contributed by atoms with van der Waals surface area (Å²) >= 11 is 3.76. The molecule has 3 aliphatic heterocycles. The molecule has 1 aromatic heterocycles. The SMILES string of the molecule is C=C(/C=C\C=C(/C)OC)CN1CCCC(C2=NC3C(Br)C=NN3C(NCc3cccnc3)C2)C1. The normalized spacial score (nSPS) is 27.7. The van der Waals surface area contributed by atoms with E-state index in [9.17, 15) is 0 Å². The highest BCUT2D eigenvalue weighted by atomic mass is 79.9. The summed E-state index contributed by atoms with van der Waals surface area (Å²) in [7, 11) is 1.68. The lowest BCUT2D eigenvalue weighted by Crippen LogP contribution is -2.53. The third kappa shape index (κ3) is 6.43. The molecule has 0 amide bonds. The zero-order chi connectivity index (χ0) is 23.9. The summed E-state index contributed by atoms with van der Waals surface area (Å²) in [6.07, 6.45) is 15.1. The number of aliphatic imine (C=N–C) groups is 1. The van der Waals surface area contributed by atoms with Gasteiger partial charge in [0.15, 0.2) is 6.17 Å². The van der Waals surface area contributed by atoms with Crippen molar-refractivity contribution in [1.82, 2.24) is 20.2 Å². The van der Waals surface area contributed by atoms with Gasteiger partial charge >= 0.3 is 0 Å². The Labute approximate surface area is 211 Å². The van der Waals surface area contributed by atoms with E-state index in [-0.39, 0.29) is 17.2 Å². The van der Waals surface area contributed by atoms with Crippen molar-refractivity contribution in [2.75, 3.05) is 26.7 Å². The third-order valence-electron chi connectivity index (χ3n) is 6.57. The van der Waals surface area contributed by atoms with Crippen LogP contribution in [-0.2, 0) is 11.3 Å². The minimum Gasteiger partial charge on any atom is -0.501 e. The molecule has 0 bridgehead atoms. The van der Waals surface area contributed by atoms with E-state index in [4.69, 9.17) is 9.73 Å². The van der Waals surface area contributed by atoms with E-state index in [1.54, 1.807) is 7.11 Å². The maximum atomic E-state index is 5.18. The number of likely N-dealkylation sites (tertiary alicyclic amines) is 1. The monoisotopic (exact) mass is 526 g/mol. The number of fused-ring (bicyclic) bond motifs is 1. The number of aromatic nitrogens is 1. The molecule has 4 heterocycles. The Balaban J connectivity index is 1.39. The van der Waals surface area contributed by atoms with Gasteiger partial charge in [0.1, 0.15) is 6.17 Å². The molecule has 0 saturated carbocycles. The number of hydrogen-bond acceptors (Lipinski definition) is 7. The van der Waals surface area contributed by atoms with E-state index >= 15 is 0 Å². The maximum absolute atomic E-state index is 5.18. The summed E-state index contributed by atoms with van der Waals surface area (Å²) in [6.45, 7) is 9.96. The summed E-state index contributed by atoms with van der Waals surface area (Å²) in [5, 5.41) is 10.5. The van der Waals surface area contributed by atoms with E-state index in [0.29, 0.717) is 5.92 Å². The number of nitrogens with zero attached hydrogens (tertiary/aromatic N) is 5. The lowest BCUT2D eigenvalue weighted by Gasteiger charge is -2.40. The van der Waals surface area contributed by atoms with Crippen LogP contribution in [0.15, 0.2) is 70.8 Å². The van der Waals surface area contributed by atoms with Crippen LogP contribution in [0.4, 0.5) is 0 Å². The fourth-order valence-corrected chi connectivity index (χ4v) is 5.18. The first-order valence-electron chi connectivity index (χ1n) is 12.0. The van der Waals surface area contributed by atoms with Gasteiger partial charge in [-0.3, -0.25) is 25.2 Å². The second-order valence-electron chi connectivity index (χ2n) is 9.16. The van der Waals surface area contributed by atoms with Gasteiger partial charge in [-0.15, -0.1) is 0 Å². The molecule has 34 heavy (non-hydrogen) atoms. The van der Waals surface area contributed by atoms with Crippen LogP contribution in [0.5, 0.6) is 0 Å². The Morgan fingerprint density at radius 1 is 1.41 bits per heavy atom. The molecule has 4 unspecified atom stereocenters. The van der Waals surface area contributed by atoms with Gasteiger partial charge in [0.05, 0.1) is 17.7 Å². The molecule has 182 valence electrons. The number of hydrazone groups is 1. The average Bonchev–Trinajstić information content (AvgIpc) is 3.24. The highest BCUT2D eigenvalue weighted by Gasteiger charge is 2.40. The highest BCUT2D eigenvalue weighted by Crippen LogP contribution is 2.31. The zero-order valence-corrected chi connectivity index (χ0v) is 21.7. The van der Waals surface area contributed by atoms with Crippen LogP contribution in [0.1, 0.15) is 31.7 Å². The van der Waals surface area contributed by atoms with E-state index < -0.39 is 0 Å². The quantitative estimate of drug-likeness (QED) is 0.298. The Bertz CT molecular complexity index is 959. The van der Waals surface area contributed by atoms with Crippen LogP contribution in [0, 0.1) is 5.92 Å². The first-order valence-corrected chi connectivity index (χ1v) is 12.9. The Morgan fingerprint density at radius 3 is 3.09 bits per heavy atom. The fourth-order valence-electron chi connectivity index (χ4n) is 4.72. The Morgan fingerprint density at radius 2 is 2.29 bits per heavy atom. The molecule has 0 radical (unpaired) electrons. The predicted molar refractivity (Wildman–Crippen MR) is 142 cm³/mol. The standard InChI is InChI=1S/C26H35BrN6O/c1-19(7-4-8-20(2)34-3)17-32-12-6-10-22(18-32)24-13-25(29-15-21-9-5-11-28-14-21)33-26(31-24)23(27)16-30-33/h4-5,7-9,11,14,16,22-23,25-26,29H,1,6,10,12-13,15,17-18H2,2-3H3/b7-4-,20-8+. The molecule has 8 heteroatoms. The van der Waals surface area contributed by atoms with Crippen LogP contribution in [-0.4, -0.2) is 70.7 Å². The second kappa shape index (κ2) is 11.9. The number of methoxy groups -OCH3 is 1. The molecule has 7 nitrogen and oxygen atoms in total. The predicted octanol–water partition coefficient (Wildman–Crippen LogP) is 4.11. The first kappa shape index (κ1) is 24.8. The molecule has 3 aliphatic rings. The molecule has 1 aromatic rings. The van der Waals surface area contributed by atoms with E-state index in [1.807, 2.05) is 43.8 Å². The highest BCUT2D eigenvalue weighted by molar-refractivity contribution is 9.10. The molecular formula is C26H35BrN6O. The maximum Gasteiger partial charge on any atom is 0.156 e. The topological polar surface area (TPSA) is 65.3 Å². The number of hydrogen-bond donors (Lipinski definition) is 1. The Hall–Kier alpha value is -2.29. The van der Waals surface area contributed by atoms with Gasteiger partial charge in [-0.05, 0) is 49.6 Å². The van der Waals surface area contributed by atoms with Crippen molar-refractivity contribution < 1.29 is 4.74 Å². The summed E-state index contributed by atoms with van der Waals surface area (Å²) in [4.78, 5) is 12.1. The number of halogens is 1. The first-order chi connectivity index (χ1) is 16.5. The lowest BCUT2D eigenvalue weighted by molar-refractivity contribution is 0.125. The second-order valence-corrected chi connectivity index (χ2v) is 10.2. The molecule has 0 aromatic carbocycles. The number of pyridine rings is 1. The van der Waals surface area contributed by atoms with Crippen molar-refractivity contribution in [3.8, 4) is 0 Å². The van der Waals surface area contributed by atoms with E-state index in [0.717, 1.165) is 43.9 Å².